The molecular weight excluding hydrogens is 128 g/mol. The van der Waals surface area contributed by atoms with Crippen LogP contribution in [0.3, 0.4) is 0 Å². The molecule has 3 heteroatoms. The van der Waals surface area contributed by atoms with Gasteiger partial charge in [-0.3, -0.25) is 4.98 Å². The molecule has 0 bridgehead atoms. The van der Waals surface area contributed by atoms with E-state index < -0.39 is 0 Å². The Morgan fingerprint density at radius 2 is 2.50 bits per heavy atom. The van der Waals surface area contributed by atoms with E-state index in [1.807, 2.05) is 0 Å². The second-order valence-electron chi connectivity index (χ2n) is 2.27. The predicted octanol–water partition coefficient (Wildman–Crippen LogP) is 0.599. The lowest BCUT2D eigenvalue weighted by Crippen LogP contribution is -1.91. The van der Waals surface area contributed by atoms with Crippen LogP contribution in [0, 0.1) is 0 Å². The Labute approximate surface area is 58.8 Å². The van der Waals surface area contributed by atoms with Gasteiger partial charge in [-0.2, -0.15) is 0 Å². The van der Waals surface area contributed by atoms with Crippen LogP contribution < -0.4 is 10.5 Å². The third kappa shape index (κ3) is 0.635. The minimum atomic E-state index is 0.697. The summed E-state index contributed by atoms with van der Waals surface area (Å²) in [6.07, 6.45) is 2.60. The lowest BCUT2D eigenvalue weighted by atomic mass is 10.3. The molecule has 2 rings (SSSR count). The monoisotopic (exact) mass is 136 g/mol. The normalized spacial score (nSPS) is 14.4. The maximum absolute atomic E-state index is 5.61. The maximum atomic E-state index is 5.61. The summed E-state index contributed by atoms with van der Waals surface area (Å²) in [5.41, 5.74) is 7.29. The van der Waals surface area contributed by atoms with E-state index in [0.29, 0.717) is 5.69 Å². The fraction of sp³-hybridized carbons (Fsp3) is 0.286. The Bertz CT molecular complexity index is 260. The lowest BCUT2D eigenvalue weighted by molar-refractivity contribution is 0.358. The molecule has 0 unspecified atom stereocenters. The third-order valence-corrected chi connectivity index (χ3v) is 1.59. The van der Waals surface area contributed by atoms with E-state index in [1.54, 1.807) is 12.3 Å². The third-order valence-electron chi connectivity index (χ3n) is 1.59. The van der Waals surface area contributed by atoms with Crippen molar-refractivity contribution in [3.63, 3.8) is 0 Å². The number of ether oxygens (including phenoxy) is 1. The Morgan fingerprint density at radius 3 is 3.30 bits per heavy atom. The van der Waals surface area contributed by atoms with Crippen molar-refractivity contribution in [3.8, 4) is 5.75 Å². The fourth-order valence-corrected chi connectivity index (χ4v) is 1.10. The Hall–Kier alpha value is -1.25. The molecule has 1 aromatic heterocycles. The molecule has 0 fully saturated rings. The summed E-state index contributed by atoms with van der Waals surface area (Å²) in [7, 11) is 0. The molecule has 0 saturated heterocycles. The molecule has 0 aromatic carbocycles. The molecule has 10 heavy (non-hydrogen) atoms. The number of nitrogens with two attached hydrogens (primary N) is 1. The number of hydrogen-bond acceptors (Lipinski definition) is 3. The van der Waals surface area contributed by atoms with Gasteiger partial charge in [-0.15, -0.1) is 0 Å². The van der Waals surface area contributed by atoms with E-state index in [0.717, 1.165) is 24.5 Å². The first-order valence-corrected chi connectivity index (χ1v) is 3.24. The van der Waals surface area contributed by atoms with Crippen molar-refractivity contribution in [2.75, 3.05) is 12.3 Å². The fourth-order valence-electron chi connectivity index (χ4n) is 1.10. The van der Waals surface area contributed by atoms with Crippen LogP contribution in [0.4, 0.5) is 5.69 Å². The molecule has 1 aromatic rings. The van der Waals surface area contributed by atoms with Crippen molar-refractivity contribution in [1.29, 1.82) is 0 Å². The van der Waals surface area contributed by atoms with Crippen LogP contribution in [-0.2, 0) is 6.42 Å². The van der Waals surface area contributed by atoms with Gasteiger partial charge in [0.25, 0.3) is 0 Å². The van der Waals surface area contributed by atoms with Crippen molar-refractivity contribution in [3.05, 3.63) is 18.0 Å². The summed E-state index contributed by atoms with van der Waals surface area (Å²) in [5.74, 6) is 0.780. The number of nitrogen functional groups attached to an aromatic ring is 1. The van der Waals surface area contributed by atoms with Gasteiger partial charge in [0.1, 0.15) is 0 Å². The zero-order valence-electron chi connectivity index (χ0n) is 5.50. The van der Waals surface area contributed by atoms with Crippen LogP contribution in [0.5, 0.6) is 5.75 Å². The minimum absolute atomic E-state index is 0.697. The van der Waals surface area contributed by atoms with E-state index >= 15 is 0 Å². The first-order valence-electron chi connectivity index (χ1n) is 3.24. The summed E-state index contributed by atoms with van der Waals surface area (Å²) in [5, 5.41) is 0. The largest absolute Gasteiger partial charge is 0.489 e. The van der Waals surface area contributed by atoms with Crippen molar-refractivity contribution in [2.45, 2.75) is 6.42 Å². The molecule has 0 spiro atoms. The van der Waals surface area contributed by atoms with Gasteiger partial charge in [-0.1, -0.05) is 0 Å². The highest BCUT2D eigenvalue weighted by Crippen LogP contribution is 2.28. The van der Waals surface area contributed by atoms with Crippen LogP contribution in [0.25, 0.3) is 0 Å². The summed E-state index contributed by atoms with van der Waals surface area (Å²) >= 11 is 0. The van der Waals surface area contributed by atoms with E-state index in [4.69, 9.17) is 10.5 Å². The average Bonchev–Trinajstić information content (AvgIpc) is 2.36. The zero-order valence-corrected chi connectivity index (χ0v) is 5.50. The second kappa shape index (κ2) is 1.87. The van der Waals surface area contributed by atoms with Gasteiger partial charge in [0, 0.05) is 12.6 Å². The standard InChI is InChI=1S/C7H8N2O/c8-5-1-3-9-6-2-4-10-7(5)6/h1,3H,2,4H2,(H2,8,9). The highest BCUT2D eigenvalue weighted by molar-refractivity contribution is 5.55. The van der Waals surface area contributed by atoms with E-state index in [-0.39, 0.29) is 0 Å². The Morgan fingerprint density at radius 1 is 1.60 bits per heavy atom. The van der Waals surface area contributed by atoms with Crippen LogP contribution in [0.1, 0.15) is 5.69 Å². The molecule has 0 amide bonds. The molecule has 2 N–H and O–H groups in total. The van der Waals surface area contributed by atoms with Gasteiger partial charge in [0.05, 0.1) is 18.0 Å². The minimum Gasteiger partial charge on any atom is -0.489 e. The number of aromatic nitrogens is 1. The molecule has 52 valence electrons. The van der Waals surface area contributed by atoms with Crippen LogP contribution in [0.2, 0.25) is 0 Å². The van der Waals surface area contributed by atoms with E-state index in [2.05, 4.69) is 4.98 Å². The van der Waals surface area contributed by atoms with Crippen LogP contribution in [0.15, 0.2) is 12.3 Å². The van der Waals surface area contributed by atoms with E-state index in [1.165, 1.54) is 0 Å². The number of fused-ring (bicyclic) bond motifs is 1. The Kier molecular flexibility index (Phi) is 1.03. The quantitative estimate of drug-likeness (QED) is 0.568. The lowest BCUT2D eigenvalue weighted by Gasteiger charge is -1.99. The molecule has 1 aliphatic heterocycles. The van der Waals surface area contributed by atoms with Gasteiger partial charge >= 0.3 is 0 Å². The van der Waals surface area contributed by atoms with Crippen molar-refractivity contribution in [1.82, 2.24) is 4.98 Å². The van der Waals surface area contributed by atoms with Gasteiger partial charge in [0.15, 0.2) is 5.75 Å². The van der Waals surface area contributed by atoms with Gasteiger partial charge in [0.2, 0.25) is 0 Å². The molecular formula is C7H8N2O. The highest BCUT2D eigenvalue weighted by atomic mass is 16.5. The summed E-state index contributed by atoms with van der Waals surface area (Å²) in [4.78, 5) is 4.12. The van der Waals surface area contributed by atoms with E-state index in [9.17, 15) is 0 Å². The van der Waals surface area contributed by atoms with Crippen molar-refractivity contribution >= 4 is 5.69 Å². The zero-order chi connectivity index (χ0) is 6.97. The predicted molar refractivity (Wildman–Crippen MR) is 37.8 cm³/mol. The number of rotatable bonds is 0. The van der Waals surface area contributed by atoms with Gasteiger partial charge < -0.3 is 10.5 Å². The molecule has 0 atom stereocenters. The van der Waals surface area contributed by atoms with Crippen LogP contribution in [-0.4, -0.2) is 11.6 Å². The molecule has 3 nitrogen and oxygen atoms in total. The first kappa shape index (κ1) is 5.53. The topological polar surface area (TPSA) is 48.1 Å². The molecule has 1 aliphatic rings. The SMILES string of the molecule is Nc1ccnc2c1OCC2. The smallest absolute Gasteiger partial charge is 0.163 e. The molecule has 0 aliphatic carbocycles. The number of nitrogens with zero attached hydrogens (tertiary/aromatic N) is 1. The van der Waals surface area contributed by atoms with Crippen molar-refractivity contribution in [2.24, 2.45) is 0 Å². The number of anilines is 1. The molecule has 0 saturated carbocycles. The molecule has 0 radical (unpaired) electrons. The summed E-state index contributed by atoms with van der Waals surface area (Å²) < 4.78 is 5.24. The number of pyridine rings is 1. The molecule has 2 heterocycles. The highest BCUT2D eigenvalue weighted by Gasteiger charge is 2.14. The van der Waals surface area contributed by atoms with Crippen molar-refractivity contribution < 1.29 is 4.74 Å². The summed E-state index contributed by atoms with van der Waals surface area (Å²) in [6, 6.07) is 1.75. The summed E-state index contributed by atoms with van der Waals surface area (Å²) in [6.45, 7) is 0.719. The van der Waals surface area contributed by atoms with Gasteiger partial charge in [-0.05, 0) is 6.07 Å². The van der Waals surface area contributed by atoms with Gasteiger partial charge in [-0.25, -0.2) is 0 Å². The second-order valence-corrected chi connectivity index (χ2v) is 2.27. The van der Waals surface area contributed by atoms with Crippen LogP contribution >= 0.6 is 0 Å². The number of hydrogen-bond donors (Lipinski definition) is 1. The maximum Gasteiger partial charge on any atom is 0.163 e. The average molecular weight is 136 g/mol. The first-order chi connectivity index (χ1) is 4.88. The Balaban J connectivity index is 2.59.